The van der Waals surface area contributed by atoms with E-state index in [1.54, 1.807) is 0 Å². The SMILES string of the molecule is CC(C)[C@@H](C#N)[C@@H](C#N)c1ccccc1. The average Bonchev–Trinajstić information content (AvgIpc) is 2.26. The first-order valence-electron chi connectivity index (χ1n) is 5.05. The minimum absolute atomic E-state index is 0.194. The van der Waals surface area contributed by atoms with Crippen molar-refractivity contribution in [3.63, 3.8) is 0 Å². The van der Waals surface area contributed by atoms with Crippen molar-refractivity contribution in [2.45, 2.75) is 19.8 Å². The van der Waals surface area contributed by atoms with E-state index in [0.29, 0.717) is 0 Å². The van der Waals surface area contributed by atoms with Crippen molar-refractivity contribution < 1.29 is 0 Å². The van der Waals surface area contributed by atoms with Gasteiger partial charge in [-0.15, -0.1) is 0 Å². The molecule has 2 nitrogen and oxygen atoms in total. The summed E-state index contributed by atoms with van der Waals surface area (Å²) >= 11 is 0. The Morgan fingerprint density at radius 2 is 1.60 bits per heavy atom. The summed E-state index contributed by atoms with van der Waals surface area (Å²) in [7, 11) is 0. The Balaban J connectivity index is 3.01. The van der Waals surface area contributed by atoms with E-state index >= 15 is 0 Å². The highest BCUT2D eigenvalue weighted by Gasteiger charge is 2.25. The van der Waals surface area contributed by atoms with Crippen molar-refractivity contribution in [1.82, 2.24) is 0 Å². The van der Waals surface area contributed by atoms with Gasteiger partial charge in [0.15, 0.2) is 0 Å². The van der Waals surface area contributed by atoms with Gasteiger partial charge in [0.1, 0.15) is 0 Å². The lowest BCUT2D eigenvalue weighted by molar-refractivity contribution is 0.443. The normalized spacial score (nSPS) is 13.9. The molecule has 0 fully saturated rings. The van der Waals surface area contributed by atoms with Crippen molar-refractivity contribution >= 4 is 0 Å². The first-order chi connectivity index (χ1) is 7.20. The Labute approximate surface area is 90.8 Å². The first kappa shape index (κ1) is 11.3. The Kier molecular flexibility index (Phi) is 3.89. The van der Waals surface area contributed by atoms with Crippen LogP contribution in [0.3, 0.4) is 0 Å². The van der Waals surface area contributed by atoms with Gasteiger partial charge in [-0.05, 0) is 11.5 Å². The molecule has 0 spiro atoms. The van der Waals surface area contributed by atoms with Crippen LogP contribution >= 0.6 is 0 Å². The smallest absolute Gasteiger partial charge is 0.0873 e. The highest BCUT2D eigenvalue weighted by Crippen LogP contribution is 2.28. The van der Waals surface area contributed by atoms with Crippen LogP contribution in [0, 0.1) is 34.5 Å². The van der Waals surface area contributed by atoms with Crippen LogP contribution in [-0.4, -0.2) is 0 Å². The highest BCUT2D eigenvalue weighted by molar-refractivity contribution is 5.27. The fourth-order valence-electron chi connectivity index (χ4n) is 1.63. The predicted molar refractivity (Wildman–Crippen MR) is 58.7 cm³/mol. The molecule has 0 saturated heterocycles. The van der Waals surface area contributed by atoms with Crippen molar-refractivity contribution in [2.75, 3.05) is 0 Å². The van der Waals surface area contributed by atoms with E-state index in [1.807, 2.05) is 44.2 Å². The third kappa shape index (κ3) is 2.58. The predicted octanol–water partition coefficient (Wildman–Crippen LogP) is 3.09. The zero-order valence-corrected chi connectivity index (χ0v) is 9.01. The molecule has 0 saturated carbocycles. The first-order valence-corrected chi connectivity index (χ1v) is 5.05. The number of benzene rings is 1. The van der Waals surface area contributed by atoms with Gasteiger partial charge >= 0.3 is 0 Å². The van der Waals surface area contributed by atoms with Gasteiger partial charge in [0.05, 0.1) is 24.0 Å². The Morgan fingerprint density at radius 1 is 1.00 bits per heavy atom. The van der Waals surface area contributed by atoms with Crippen LogP contribution < -0.4 is 0 Å². The maximum Gasteiger partial charge on any atom is 0.0873 e. The number of nitriles is 2. The topological polar surface area (TPSA) is 47.6 Å². The summed E-state index contributed by atoms with van der Waals surface area (Å²) in [6.07, 6.45) is 0. The van der Waals surface area contributed by atoms with E-state index in [1.165, 1.54) is 0 Å². The summed E-state index contributed by atoms with van der Waals surface area (Å²) < 4.78 is 0. The van der Waals surface area contributed by atoms with Crippen LogP contribution in [0.1, 0.15) is 25.3 Å². The van der Waals surface area contributed by atoms with E-state index in [-0.39, 0.29) is 17.8 Å². The van der Waals surface area contributed by atoms with Crippen LogP contribution in [0.2, 0.25) is 0 Å². The van der Waals surface area contributed by atoms with Crippen molar-refractivity contribution in [1.29, 1.82) is 10.5 Å². The van der Waals surface area contributed by atoms with E-state index in [4.69, 9.17) is 10.5 Å². The summed E-state index contributed by atoms with van der Waals surface area (Å²) in [6, 6.07) is 14.0. The molecule has 1 rings (SSSR count). The number of hydrogen-bond acceptors (Lipinski definition) is 2. The van der Waals surface area contributed by atoms with Gasteiger partial charge in [0.2, 0.25) is 0 Å². The Morgan fingerprint density at radius 3 is 2.00 bits per heavy atom. The van der Waals surface area contributed by atoms with E-state index < -0.39 is 0 Å². The maximum absolute atomic E-state index is 9.13. The van der Waals surface area contributed by atoms with Crippen LogP contribution in [-0.2, 0) is 0 Å². The largest absolute Gasteiger partial charge is 0.198 e. The van der Waals surface area contributed by atoms with E-state index in [2.05, 4.69) is 12.1 Å². The maximum atomic E-state index is 9.13. The second-order valence-electron chi connectivity index (χ2n) is 3.92. The molecule has 0 aromatic heterocycles. The minimum atomic E-state index is -0.323. The van der Waals surface area contributed by atoms with Gasteiger partial charge in [-0.2, -0.15) is 10.5 Å². The van der Waals surface area contributed by atoms with Crippen LogP contribution in [0.15, 0.2) is 30.3 Å². The molecular formula is C13H14N2. The summed E-state index contributed by atoms with van der Waals surface area (Å²) in [5.74, 6) is -0.367. The second kappa shape index (κ2) is 5.17. The lowest BCUT2D eigenvalue weighted by Crippen LogP contribution is -2.15. The van der Waals surface area contributed by atoms with Crippen molar-refractivity contribution in [3.05, 3.63) is 35.9 Å². The summed E-state index contributed by atoms with van der Waals surface area (Å²) in [6.45, 7) is 3.95. The molecule has 0 unspecified atom stereocenters. The van der Waals surface area contributed by atoms with E-state index in [9.17, 15) is 0 Å². The third-order valence-electron chi connectivity index (χ3n) is 2.52. The standard InChI is InChI=1S/C13H14N2/c1-10(2)12(8-14)13(9-15)11-6-4-3-5-7-11/h3-7,10,12-13H,1-2H3/t12-,13+/m1/s1. The molecule has 0 amide bonds. The molecule has 15 heavy (non-hydrogen) atoms. The molecule has 0 aliphatic heterocycles. The fourth-order valence-corrected chi connectivity index (χ4v) is 1.63. The molecule has 0 radical (unpaired) electrons. The molecule has 0 heterocycles. The molecule has 0 N–H and O–H groups in total. The van der Waals surface area contributed by atoms with Crippen molar-refractivity contribution in [3.8, 4) is 12.1 Å². The number of rotatable bonds is 3. The van der Waals surface area contributed by atoms with Gasteiger partial charge in [-0.25, -0.2) is 0 Å². The van der Waals surface area contributed by atoms with Gasteiger partial charge in [-0.3, -0.25) is 0 Å². The average molecular weight is 198 g/mol. The van der Waals surface area contributed by atoms with E-state index in [0.717, 1.165) is 5.56 Å². The number of nitrogens with zero attached hydrogens (tertiary/aromatic N) is 2. The molecular weight excluding hydrogens is 184 g/mol. The zero-order valence-electron chi connectivity index (χ0n) is 9.01. The highest BCUT2D eigenvalue weighted by atomic mass is 14.4. The van der Waals surface area contributed by atoms with Gasteiger partial charge in [-0.1, -0.05) is 44.2 Å². The molecule has 1 aromatic rings. The van der Waals surface area contributed by atoms with Crippen LogP contribution in [0.5, 0.6) is 0 Å². The zero-order chi connectivity index (χ0) is 11.3. The van der Waals surface area contributed by atoms with Gasteiger partial charge in [0, 0.05) is 0 Å². The Bertz CT molecular complexity index is 381. The summed E-state index contributed by atoms with van der Waals surface area (Å²) in [5.41, 5.74) is 0.931. The molecule has 0 bridgehead atoms. The van der Waals surface area contributed by atoms with Crippen LogP contribution in [0.25, 0.3) is 0 Å². The van der Waals surface area contributed by atoms with Gasteiger partial charge < -0.3 is 0 Å². The fraction of sp³-hybridized carbons (Fsp3) is 0.385. The third-order valence-corrected chi connectivity index (χ3v) is 2.52. The Hall–Kier alpha value is -1.80. The summed E-state index contributed by atoms with van der Waals surface area (Å²) in [4.78, 5) is 0. The van der Waals surface area contributed by atoms with Crippen molar-refractivity contribution in [2.24, 2.45) is 11.8 Å². The molecule has 0 aliphatic rings. The summed E-state index contributed by atoms with van der Waals surface area (Å²) in [5, 5.41) is 18.2. The monoisotopic (exact) mass is 198 g/mol. The molecule has 0 aliphatic carbocycles. The molecule has 2 atom stereocenters. The molecule has 2 heteroatoms. The quantitative estimate of drug-likeness (QED) is 0.749. The number of hydrogen-bond donors (Lipinski definition) is 0. The minimum Gasteiger partial charge on any atom is -0.198 e. The lowest BCUT2D eigenvalue weighted by atomic mass is 9.81. The lowest BCUT2D eigenvalue weighted by Gasteiger charge is -2.18. The second-order valence-corrected chi connectivity index (χ2v) is 3.92. The molecule has 76 valence electrons. The van der Waals surface area contributed by atoms with Gasteiger partial charge in [0.25, 0.3) is 0 Å². The molecule has 1 aromatic carbocycles. The van der Waals surface area contributed by atoms with Crippen LogP contribution in [0.4, 0.5) is 0 Å².